The van der Waals surface area contributed by atoms with Crippen LogP contribution in [0.2, 0.25) is 0 Å². The number of anilines is 2. The van der Waals surface area contributed by atoms with E-state index in [2.05, 4.69) is 62.1 Å². The normalized spacial score (nSPS) is 18.1. The van der Waals surface area contributed by atoms with Crippen molar-refractivity contribution in [2.24, 2.45) is 0 Å². The standard InChI is InChI=1S/C24H25NO2/c1-4-19-12-6-8-15-22(19)26-24(5-2)25(20-13-10-11-18(3)17-20)21-14-7-9-16-23(21)27-24/h6-17H,4-5H2,1-3H3. The van der Waals surface area contributed by atoms with Crippen LogP contribution in [0.15, 0.2) is 72.8 Å². The summed E-state index contributed by atoms with van der Waals surface area (Å²) >= 11 is 0. The van der Waals surface area contributed by atoms with E-state index < -0.39 is 5.91 Å². The molecule has 1 aliphatic heterocycles. The van der Waals surface area contributed by atoms with Crippen LogP contribution in [0.5, 0.6) is 11.5 Å². The van der Waals surface area contributed by atoms with Crippen molar-refractivity contribution in [3.05, 3.63) is 83.9 Å². The highest BCUT2D eigenvalue weighted by Crippen LogP contribution is 2.49. The average molecular weight is 359 g/mol. The highest BCUT2D eigenvalue weighted by Gasteiger charge is 2.48. The average Bonchev–Trinajstić information content (AvgIpc) is 3.02. The van der Waals surface area contributed by atoms with Gasteiger partial charge in [0.1, 0.15) is 11.5 Å². The van der Waals surface area contributed by atoms with Crippen molar-refractivity contribution in [1.82, 2.24) is 0 Å². The molecule has 0 N–H and O–H groups in total. The van der Waals surface area contributed by atoms with Crippen LogP contribution in [0, 0.1) is 6.92 Å². The quantitative estimate of drug-likeness (QED) is 0.539. The van der Waals surface area contributed by atoms with Crippen molar-refractivity contribution in [3.8, 4) is 11.5 Å². The van der Waals surface area contributed by atoms with Gasteiger partial charge < -0.3 is 9.47 Å². The summed E-state index contributed by atoms with van der Waals surface area (Å²) in [5.41, 5.74) is 4.47. The maximum atomic E-state index is 6.63. The predicted octanol–water partition coefficient (Wildman–Crippen LogP) is 6.23. The van der Waals surface area contributed by atoms with E-state index in [1.807, 2.05) is 36.4 Å². The molecular weight excluding hydrogens is 334 g/mol. The Morgan fingerprint density at radius 3 is 2.48 bits per heavy atom. The molecule has 0 aliphatic carbocycles. The fraction of sp³-hybridized carbons (Fsp3) is 0.250. The molecule has 0 amide bonds. The largest absolute Gasteiger partial charge is 0.435 e. The maximum absolute atomic E-state index is 6.63. The van der Waals surface area contributed by atoms with Gasteiger partial charge in [-0.15, -0.1) is 0 Å². The number of para-hydroxylation sites is 3. The molecule has 3 aromatic rings. The molecule has 0 bridgehead atoms. The molecule has 1 unspecified atom stereocenters. The first-order chi connectivity index (χ1) is 13.2. The van der Waals surface area contributed by atoms with Gasteiger partial charge in [-0.1, -0.05) is 56.3 Å². The first-order valence-corrected chi connectivity index (χ1v) is 9.58. The Morgan fingerprint density at radius 2 is 1.70 bits per heavy atom. The maximum Gasteiger partial charge on any atom is 0.342 e. The van der Waals surface area contributed by atoms with Gasteiger partial charge in [0.25, 0.3) is 0 Å². The summed E-state index contributed by atoms with van der Waals surface area (Å²) in [7, 11) is 0. The third-order valence-corrected chi connectivity index (χ3v) is 5.05. The molecule has 3 nitrogen and oxygen atoms in total. The SMILES string of the molecule is CCc1ccccc1OC1(CC)Oc2ccccc2N1c1cccc(C)c1. The summed E-state index contributed by atoms with van der Waals surface area (Å²) < 4.78 is 13.1. The van der Waals surface area contributed by atoms with Crippen LogP contribution in [0.25, 0.3) is 0 Å². The van der Waals surface area contributed by atoms with E-state index in [0.717, 1.165) is 29.3 Å². The van der Waals surface area contributed by atoms with E-state index in [1.54, 1.807) is 0 Å². The molecule has 0 saturated heterocycles. The van der Waals surface area contributed by atoms with E-state index in [1.165, 1.54) is 11.1 Å². The summed E-state index contributed by atoms with van der Waals surface area (Å²) in [4.78, 5) is 2.18. The lowest BCUT2D eigenvalue weighted by atomic mass is 10.1. The van der Waals surface area contributed by atoms with Crippen molar-refractivity contribution >= 4 is 11.4 Å². The van der Waals surface area contributed by atoms with Crippen molar-refractivity contribution in [3.63, 3.8) is 0 Å². The van der Waals surface area contributed by atoms with Gasteiger partial charge >= 0.3 is 5.91 Å². The molecular formula is C24H25NO2. The molecule has 27 heavy (non-hydrogen) atoms. The van der Waals surface area contributed by atoms with E-state index in [4.69, 9.17) is 9.47 Å². The van der Waals surface area contributed by atoms with Gasteiger partial charge in [0.2, 0.25) is 0 Å². The second-order valence-electron chi connectivity index (χ2n) is 6.87. The summed E-state index contributed by atoms with van der Waals surface area (Å²) in [5, 5.41) is 0. The minimum atomic E-state index is -0.914. The van der Waals surface area contributed by atoms with Crippen LogP contribution in [-0.2, 0) is 6.42 Å². The van der Waals surface area contributed by atoms with Crippen LogP contribution >= 0.6 is 0 Å². The molecule has 138 valence electrons. The second kappa shape index (κ2) is 6.99. The molecule has 4 rings (SSSR count). The van der Waals surface area contributed by atoms with Crippen molar-refractivity contribution < 1.29 is 9.47 Å². The van der Waals surface area contributed by atoms with Gasteiger partial charge in [-0.25, -0.2) is 0 Å². The smallest absolute Gasteiger partial charge is 0.342 e. The Bertz CT molecular complexity index is 952. The van der Waals surface area contributed by atoms with Gasteiger partial charge in [-0.2, -0.15) is 0 Å². The number of rotatable bonds is 5. The van der Waals surface area contributed by atoms with Crippen LogP contribution in [0.4, 0.5) is 11.4 Å². The van der Waals surface area contributed by atoms with Crippen molar-refractivity contribution in [2.75, 3.05) is 4.90 Å². The minimum absolute atomic E-state index is 0.674. The molecule has 0 saturated carbocycles. The summed E-state index contributed by atoms with van der Waals surface area (Å²) in [6.07, 6.45) is 1.58. The lowest BCUT2D eigenvalue weighted by molar-refractivity contribution is -0.0962. The summed E-state index contributed by atoms with van der Waals surface area (Å²) in [6, 6.07) is 24.8. The van der Waals surface area contributed by atoms with Crippen molar-refractivity contribution in [2.45, 2.75) is 39.5 Å². The topological polar surface area (TPSA) is 21.7 Å². The summed E-state index contributed by atoms with van der Waals surface area (Å²) in [6.45, 7) is 6.35. The minimum Gasteiger partial charge on any atom is -0.435 e. The van der Waals surface area contributed by atoms with Gasteiger partial charge in [-0.05, 0) is 54.8 Å². The van der Waals surface area contributed by atoms with Crippen LogP contribution in [0.1, 0.15) is 31.4 Å². The fourth-order valence-corrected chi connectivity index (χ4v) is 3.67. The molecule has 3 heteroatoms. The first-order valence-electron chi connectivity index (χ1n) is 9.58. The van der Waals surface area contributed by atoms with Crippen molar-refractivity contribution in [1.29, 1.82) is 0 Å². The highest BCUT2D eigenvalue weighted by atomic mass is 16.7. The number of benzene rings is 3. The Balaban J connectivity index is 1.85. The molecule has 3 aromatic carbocycles. The third-order valence-electron chi connectivity index (χ3n) is 5.05. The van der Waals surface area contributed by atoms with E-state index in [0.29, 0.717) is 6.42 Å². The van der Waals surface area contributed by atoms with Gasteiger partial charge in [0, 0.05) is 12.1 Å². The Morgan fingerprint density at radius 1 is 0.926 bits per heavy atom. The van der Waals surface area contributed by atoms with Crippen LogP contribution in [-0.4, -0.2) is 5.91 Å². The second-order valence-corrected chi connectivity index (χ2v) is 6.87. The molecule has 1 aliphatic rings. The number of fused-ring (bicyclic) bond motifs is 1. The number of hydrogen-bond donors (Lipinski definition) is 0. The number of ether oxygens (including phenoxy) is 2. The van der Waals surface area contributed by atoms with Crippen LogP contribution < -0.4 is 14.4 Å². The molecule has 1 heterocycles. The number of hydrogen-bond acceptors (Lipinski definition) is 3. The molecule has 0 fully saturated rings. The predicted molar refractivity (Wildman–Crippen MR) is 110 cm³/mol. The van der Waals surface area contributed by atoms with E-state index in [9.17, 15) is 0 Å². The van der Waals surface area contributed by atoms with Crippen LogP contribution in [0.3, 0.4) is 0 Å². The highest BCUT2D eigenvalue weighted by molar-refractivity contribution is 5.74. The number of aryl methyl sites for hydroxylation is 2. The zero-order chi connectivity index (χ0) is 18.9. The molecule has 0 radical (unpaired) electrons. The zero-order valence-electron chi connectivity index (χ0n) is 16.1. The van der Waals surface area contributed by atoms with Gasteiger partial charge in [0.05, 0.1) is 5.69 Å². The Labute approximate surface area is 161 Å². The van der Waals surface area contributed by atoms with Gasteiger partial charge in [0.15, 0.2) is 0 Å². The lowest BCUT2D eigenvalue weighted by Gasteiger charge is -2.37. The van der Waals surface area contributed by atoms with Gasteiger partial charge in [-0.3, -0.25) is 4.90 Å². The van der Waals surface area contributed by atoms with E-state index >= 15 is 0 Å². The summed E-state index contributed by atoms with van der Waals surface area (Å²) in [5.74, 6) is 0.796. The number of nitrogens with zero attached hydrogens (tertiary/aromatic N) is 1. The fourth-order valence-electron chi connectivity index (χ4n) is 3.67. The third kappa shape index (κ3) is 3.03. The van der Waals surface area contributed by atoms with E-state index in [-0.39, 0.29) is 0 Å². The molecule has 1 atom stereocenters. The zero-order valence-corrected chi connectivity index (χ0v) is 16.1. The Kier molecular flexibility index (Phi) is 4.53. The lowest BCUT2D eigenvalue weighted by Crippen LogP contribution is -2.52. The Hall–Kier alpha value is -2.94. The monoisotopic (exact) mass is 359 g/mol. The molecule has 0 spiro atoms. The molecule has 0 aromatic heterocycles. The first kappa shape index (κ1) is 17.5.